The topological polar surface area (TPSA) is 80.5 Å². The molecule has 1 aromatic carbocycles. The monoisotopic (exact) mass is 260 g/mol. The van der Waals surface area contributed by atoms with Crippen molar-refractivity contribution in [2.45, 2.75) is 6.61 Å². The summed E-state index contributed by atoms with van der Waals surface area (Å²) in [5, 5.41) is 16.7. The first kappa shape index (κ1) is 11.7. The molecule has 19 heavy (non-hydrogen) atoms. The largest absolute Gasteiger partial charge is 0.481 e. The van der Waals surface area contributed by atoms with Crippen molar-refractivity contribution in [2.75, 3.05) is 18.6 Å². The Morgan fingerprint density at radius 3 is 3.05 bits per heavy atom. The number of amides is 1. The van der Waals surface area contributed by atoms with Gasteiger partial charge in [0, 0.05) is 13.1 Å². The van der Waals surface area contributed by atoms with E-state index in [2.05, 4.69) is 10.3 Å². The lowest BCUT2D eigenvalue weighted by Crippen LogP contribution is -2.35. The van der Waals surface area contributed by atoms with Gasteiger partial charge >= 0.3 is 0 Å². The number of hydrogen-bond donors (Lipinski definition) is 1. The van der Waals surface area contributed by atoms with Crippen LogP contribution in [0, 0.1) is 0 Å². The molecule has 0 unspecified atom stereocenters. The van der Waals surface area contributed by atoms with E-state index in [0.29, 0.717) is 11.4 Å². The summed E-state index contributed by atoms with van der Waals surface area (Å²) in [6.45, 7) is -0.120. The molecule has 0 saturated heterocycles. The maximum atomic E-state index is 11.5. The molecule has 1 amide bonds. The van der Waals surface area contributed by atoms with Gasteiger partial charge in [0.1, 0.15) is 11.4 Å². The molecule has 2 aromatic rings. The van der Waals surface area contributed by atoms with E-state index in [4.69, 9.17) is 9.84 Å². The third-order valence-electron chi connectivity index (χ3n) is 3.00. The molecule has 1 N–H and O–H groups in total. The predicted octanol–water partition coefficient (Wildman–Crippen LogP) is 0.115. The number of anilines is 1. The van der Waals surface area contributed by atoms with Gasteiger partial charge in [-0.3, -0.25) is 4.79 Å². The van der Waals surface area contributed by atoms with Crippen LogP contribution in [0.5, 0.6) is 5.75 Å². The number of aliphatic hydroxyl groups excluding tert-OH is 1. The minimum atomic E-state index is -0.154. The van der Waals surface area contributed by atoms with E-state index < -0.39 is 0 Å². The van der Waals surface area contributed by atoms with E-state index in [1.165, 1.54) is 0 Å². The van der Waals surface area contributed by atoms with Gasteiger partial charge in [-0.1, -0.05) is 5.21 Å². The Balaban J connectivity index is 1.99. The second kappa shape index (κ2) is 4.36. The van der Waals surface area contributed by atoms with Crippen LogP contribution in [-0.2, 0) is 11.4 Å². The highest BCUT2D eigenvalue weighted by Gasteiger charge is 2.22. The Hall–Kier alpha value is -2.41. The number of nitrogens with zero attached hydrogens (tertiary/aromatic N) is 4. The summed E-state index contributed by atoms with van der Waals surface area (Å²) in [5.74, 6) is 0.546. The first-order chi connectivity index (χ1) is 9.19. The maximum absolute atomic E-state index is 11.5. The molecule has 7 nitrogen and oxygen atoms in total. The van der Waals surface area contributed by atoms with Crippen LogP contribution in [0.4, 0.5) is 5.69 Å². The van der Waals surface area contributed by atoms with E-state index in [1.807, 2.05) is 6.07 Å². The second-order valence-electron chi connectivity index (χ2n) is 4.21. The molecule has 0 spiro atoms. The fourth-order valence-corrected chi connectivity index (χ4v) is 1.91. The number of ether oxygens (including phenoxy) is 1. The lowest BCUT2D eigenvalue weighted by atomic mass is 10.2. The molecule has 0 bridgehead atoms. The van der Waals surface area contributed by atoms with Gasteiger partial charge < -0.3 is 14.7 Å². The zero-order valence-electron chi connectivity index (χ0n) is 10.3. The molecule has 0 fully saturated rings. The number of hydrogen-bond acceptors (Lipinski definition) is 5. The summed E-state index contributed by atoms with van der Waals surface area (Å²) in [6.07, 6.45) is 1.64. The first-order valence-corrected chi connectivity index (χ1v) is 5.75. The number of rotatable bonds is 2. The average Bonchev–Trinajstić information content (AvgIpc) is 2.91. The van der Waals surface area contributed by atoms with Crippen molar-refractivity contribution in [1.82, 2.24) is 15.0 Å². The fraction of sp³-hybridized carbons (Fsp3) is 0.250. The van der Waals surface area contributed by atoms with Gasteiger partial charge in [-0.25, -0.2) is 4.68 Å². The van der Waals surface area contributed by atoms with Crippen LogP contribution in [0.2, 0.25) is 0 Å². The first-order valence-electron chi connectivity index (χ1n) is 5.75. The Labute approximate surface area is 109 Å². The molecule has 0 atom stereocenters. The van der Waals surface area contributed by atoms with Gasteiger partial charge in [0.15, 0.2) is 6.61 Å². The molecular formula is C12H12N4O3. The van der Waals surface area contributed by atoms with Crippen molar-refractivity contribution < 1.29 is 14.6 Å². The van der Waals surface area contributed by atoms with Crippen molar-refractivity contribution >= 4 is 11.6 Å². The standard InChI is InChI=1S/C12H12N4O3/c1-15-10-3-2-9(4-11(10)19-7-12(15)18)16-5-8(6-17)13-14-16/h2-5,17H,6-7H2,1H3. The minimum absolute atomic E-state index is 0.0339. The molecule has 7 heteroatoms. The highest BCUT2D eigenvalue weighted by atomic mass is 16.5. The highest BCUT2D eigenvalue weighted by Crippen LogP contribution is 2.32. The smallest absolute Gasteiger partial charge is 0.264 e. The summed E-state index contributed by atoms with van der Waals surface area (Å²) in [4.78, 5) is 13.1. The molecule has 0 radical (unpaired) electrons. The van der Waals surface area contributed by atoms with Crippen LogP contribution in [-0.4, -0.2) is 39.7 Å². The highest BCUT2D eigenvalue weighted by molar-refractivity contribution is 5.97. The molecule has 1 aliphatic heterocycles. The number of benzene rings is 1. The number of fused-ring (bicyclic) bond motifs is 1. The lowest BCUT2D eigenvalue weighted by molar-refractivity contribution is -0.120. The van der Waals surface area contributed by atoms with Crippen molar-refractivity contribution in [2.24, 2.45) is 0 Å². The van der Waals surface area contributed by atoms with Crippen LogP contribution in [0.3, 0.4) is 0 Å². The molecule has 1 aliphatic rings. The number of carbonyl (C=O) groups is 1. The molecule has 98 valence electrons. The van der Waals surface area contributed by atoms with Crippen molar-refractivity contribution in [3.8, 4) is 11.4 Å². The summed E-state index contributed by atoms with van der Waals surface area (Å²) in [7, 11) is 1.71. The van der Waals surface area contributed by atoms with Gasteiger partial charge in [0.2, 0.25) is 0 Å². The summed E-state index contributed by atoms with van der Waals surface area (Å²) >= 11 is 0. The third-order valence-corrected chi connectivity index (χ3v) is 3.00. The maximum Gasteiger partial charge on any atom is 0.264 e. The fourth-order valence-electron chi connectivity index (χ4n) is 1.91. The van der Waals surface area contributed by atoms with E-state index in [9.17, 15) is 4.79 Å². The molecule has 3 rings (SSSR count). The predicted molar refractivity (Wildman–Crippen MR) is 66.2 cm³/mol. The average molecular weight is 260 g/mol. The zero-order valence-corrected chi connectivity index (χ0v) is 10.3. The second-order valence-corrected chi connectivity index (χ2v) is 4.21. The molecule has 0 aliphatic carbocycles. The number of likely N-dealkylation sites (N-methyl/N-ethyl adjacent to an activating group) is 1. The quantitative estimate of drug-likeness (QED) is 0.829. The Bertz CT molecular complexity index is 638. The summed E-state index contributed by atoms with van der Waals surface area (Å²) in [5.41, 5.74) is 1.97. The molecule has 1 aromatic heterocycles. The zero-order chi connectivity index (χ0) is 13.4. The third kappa shape index (κ3) is 1.93. The van der Waals surface area contributed by atoms with Crippen LogP contribution < -0.4 is 9.64 Å². The minimum Gasteiger partial charge on any atom is -0.481 e. The lowest BCUT2D eigenvalue weighted by Gasteiger charge is -2.26. The number of aliphatic hydroxyl groups is 1. The van der Waals surface area contributed by atoms with Crippen molar-refractivity contribution in [1.29, 1.82) is 0 Å². The number of carbonyl (C=O) groups excluding carboxylic acids is 1. The van der Waals surface area contributed by atoms with E-state index in [1.54, 1.807) is 35.0 Å². The Morgan fingerprint density at radius 1 is 1.47 bits per heavy atom. The van der Waals surface area contributed by atoms with Gasteiger partial charge in [-0.2, -0.15) is 0 Å². The molecule has 2 heterocycles. The van der Waals surface area contributed by atoms with Crippen molar-refractivity contribution in [3.63, 3.8) is 0 Å². The van der Waals surface area contributed by atoms with Gasteiger partial charge in [-0.05, 0) is 12.1 Å². The molecule has 0 saturated carbocycles. The van der Waals surface area contributed by atoms with Crippen LogP contribution in [0.25, 0.3) is 5.69 Å². The van der Waals surface area contributed by atoms with Gasteiger partial charge in [-0.15, -0.1) is 5.10 Å². The van der Waals surface area contributed by atoms with E-state index >= 15 is 0 Å². The van der Waals surface area contributed by atoms with Crippen LogP contribution in [0.1, 0.15) is 5.69 Å². The normalized spacial score (nSPS) is 14.2. The Kier molecular flexibility index (Phi) is 2.68. The van der Waals surface area contributed by atoms with Gasteiger partial charge in [0.05, 0.1) is 24.2 Å². The summed E-state index contributed by atoms with van der Waals surface area (Å²) < 4.78 is 6.95. The van der Waals surface area contributed by atoms with E-state index in [-0.39, 0.29) is 19.1 Å². The number of aromatic nitrogens is 3. The Morgan fingerprint density at radius 2 is 2.32 bits per heavy atom. The SMILES string of the molecule is CN1C(=O)COc2cc(-n3cc(CO)nn3)ccc21. The van der Waals surface area contributed by atoms with Crippen LogP contribution in [0.15, 0.2) is 24.4 Å². The van der Waals surface area contributed by atoms with E-state index in [0.717, 1.165) is 11.4 Å². The molecular weight excluding hydrogens is 248 g/mol. The van der Waals surface area contributed by atoms with Crippen molar-refractivity contribution in [3.05, 3.63) is 30.1 Å². The van der Waals surface area contributed by atoms with Crippen LogP contribution >= 0.6 is 0 Å². The van der Waals surface area contributed by atoms with Gasteiger partial charge in [0.25, 0.3) is 5.91 Å². The summed E-state index contributed by atoms with van der Waals surface area (Å²) in [6, 6.07) is 5.39.